The van der Waals surface area contributed by atoms with Crippen molar-refractivity contribution in [3.05, 3.63) is 93.5 Å². The van der Waals surface area contributed by atoms with Gasteiger partial charge in [-0.3, -0.25) is 0 Å². The predicted octanol–water partition coefficient (Wildman–Crippen LogP) is 6.16. The van der Waals surface area contributed by atoms with E-state index in [1.807, 2.05) is 24.3 Å². The Bertz CT molecular complexity index is 1050. The molecule has 0 aromatic heterocycles. The molecule has 0 radical (unpaired) electrons. The van der Waals surface area contributed by atoms with Gasteiger partial charge in [0.25, 0.3) is 0 Å². The fourth-order valence-electron chi connectivity index (χ4n) is 3.89. The molecule has 1 atom stereocenters. The van der Waals surface area contributed by atoms with Crippen LogP contribution in [-0.4, -0.2) is 19.0 Å². The molecule has 4 rings (SSSR count). The van der Waals surface area contributed by atoms with E-state index in [2.05, 4.69) is 29.6 Å². The second-order valence-electron chi connectivity index (χ2n) is 7.10. The zero-order valence-electron chi connectivity index (χ0n) is 16.0. The van der Waals surface area contributed by atoms with Gasteiger partial charge >= 0.3 is 6.09 Å². The maximum atomic E-state index is 12.5. The SMILES string of the molecule is O=CCC(NC(=O)OCC1c2ccccc2-c2ccccc21)c1ccc(Cl)c(Cl)c1. The quantitative estimate of drug-likeness (QED) is 0.467. The van der Waals surface area contributed by atoms with Crippen LogP contribution >= 0.6 is 23.2 Å². The van der Waals surface area contributed by atoms with Crippen molar-refractivity contribution in [1.82, 2.24) is 5.32 Å². The fourth-order valence-corrected chi connectivity index (χ4v) is 4.19. The lowest BCUT2D eigenvalue weighted by atomic mass is 9.98. The van der Waals surface area contributed by atoms with Crippen LogP contribution < -0.4 is 5.32 Å². The van der Waals surface area contributed by atoms with E-state index in [1.165, 1.54) is 0 Å². The lowest BCUT2D eigenvalue weighted by Gasteiger charge is -2.19. The van der Waals surface area contributed by atoms with E-state index in [9.17, 15) is 9.59 Å². The van der Waals surface area contributed by atoms with Crippen LogP contribution in [0.1, 0.15) is 35.1 Å². The Morgan fingerprint density at radius 1 is 0.967 bits per heavy atom. The Balaban J connectivity index is 1.47. The van der Waals surface area contributed by atoms with Crippen molar-refractivity contribution in [2.75, 3.05) is 6.61 Å². The smallest absolute Gasteiger partial charge is 0.407 e. The van der Waals surface area contributed by atoms with Gasteiger partial charge in [-0.1, -0.05) is 77.8 Å². The summed E-state index contributed by atoms with van der Waals surface area (Å²) < 4.78 is 5.57. The second-order valence-corrected chi connectivity index (χ2v) is 7.91. The minimum Gasteiger partial charge on any atom is -0.449 e. The molecular weight excluding hydrogens is 421 g/mol. The number of alkyl carbamates (subject to hydrolysis) is 1. The number of benzene rings is 3. The second kappa shape index (κ2) is 8.90. The topological polar surface area (TPSA) is 55.4 Å². The summed E-state index contributed by atoms with van der Waals surface area (Å²) in [6, 6.07) is 20.7. The van der Waals surface area contributed by atoms with Crippen LogP contribution in [0.5, 0.6) is 0 Å². The molecule has 1 aliphatic rings. The van der Waals surface area contributed by atoms with Crippen LogP contribution in [0.2, 0.25) is 10.0 Å². The van der Waals surface area contributed by atoms with Crippen molar-refractivity contribution in [2.24, 2.45) is 0 Å². The molecule has 3 aromatic carbocycles. The molecule has 0 aliphatic heterocycles. The number of halogens is 2. The van der Waals surface area contributed by atoms with Gasteiger partial charge in [0.15, 0.2) is 0 Å². The van der Waals surface area contributed by atoms with Gasteiger partial charge in [0.1, 0.15) is 12.9 Å². The Labute approximate surface area is 184 Å². The largest absolute Gasteiger partial charge is 0.449 e. The van der Waals surface area contributed by atoms with Crippen LogP contribution in [0.4, 0.5) is 4.79 Å². The number of aldehydes is 1. The lowest BCUT2D eigenvalue weighted by Crippen LogP contribution is -2.30. The molecule has 0 spiro atoms. The van der Waals surface area contributed by atoms with Crippen LogP contribution in [-0.2, 0) is 9.53 Å². The summed E-state index contributed by atoms with van der Waals surface area (Å²) in [6.07, 6.45) is 0.258. The summed E-state index contributed by atoms with van der Waals surface area (Å²) >= 11 is 12.0. The molecule has 0 saturated carbocycles. The van der Waals surface area contributed by atoms with Crippen molar-refractivity contribution in [2.45, 2.75) is 18.4 Å². The van der Waals surface area contributed by atoms with Crippen LogP contribution in [0.3, 0.4) is 0 Å². The average molecular weight is 440 g/mol. The highest BCUT2D eigenvalue weighted by molar-refractivity contribution is 6.42. The third-order valence-corrected chi connectivity index (χ3v) is 6.05. The number of fused-ring (bicyclic) bond motifs is 3. The first-order valence-corrected chi connectivity index (χ1v) is 10.3. The van der Waals surface area contributed by atoms with E-state index in [4.69, 9.17) is 27.9 Å². The van der Waals surface area contributed by atoms with Gasteiger partial charge in [-0.25, -0.2) is 4.79 Å². The standard InChI is InChI=1S/C24H19Cl2NO3/c25-21-10-9-15(13-22(21)26)23(11-12-28)27-24(29)30-14-20-18-7-3-1-5-16(18)17-6-2-4-8-19(17)20/h1-10,12-13,20,23H,11,14H2,(H,27,29). The molecule has 1 amide bonds. The van der Waals surface area contributed by atoms with Crippen molar-refractivity contribution in [3.63, 3.8) is 0 Å². The monoisotopic (exact) mass is 439 g/mol. The number of nitrogens with one attached hydrogen (secondary N) is 1. The Morgan fingerprint density at radius 2 is 1.60 bits per heavy atom. The Hall–Kier alpha value is -2.82. The van der Waals surface area contributed by atoms with Crippen molar-refractivity contribution >= 4 is 35.6 Å². The molecule has 0 heterocycles. The highest BCUT2D eigenvalue weighted by Gasteiger charge is 2.29. The number of amides is 1. The molecule has 0 bridgehead atoms. The average Bonchev–Trinajstić information content (AvgIpc) is 3.08. The van der Waals surface area contributed by atoms with E-state index in [1.54, 1.807) is 18.2 Å². The van der Waals surface area contributed by atoms with Crippen molar-refractivity contribution in [3.8, 4) is 11.1 Å². The van der Waals surface area contributed by atoms with Gasteiger partial charge in [-0.2, -0.15) is 0 Å². The van der Waals surface area contributed by atoms with Crippen LogP contribution in [0, 0.1) is 0 Å². The number of ether oxygens (including phenoxy) is 1. The first kappa shape index (κ1) is 20.5. The molecule has 152 valence electrons. The van der Waals surface area contributed by atoms with Crippen molar-refractivity contribution < 1.29 is 14.3 Å². The highest BCUT2D eigenvalue weighted by atomic mass is 35.5. The molecule has 1 N–H and O–H groups in total. The molecule has 3 aromatic rings. The molecule has 30 heavy (non-hydrogen) atoms. The van der Waals surface area contributed by atoms with E-state index in [-0.39, 0.29) is 18.9 Å². The zero-order valence-corrected chi connectivity index (χ0v) is 17.5. The molecular formula is C24H19Cl2NO3. The molecule has 0 fully saturated rings. The number of hydrogen-bond donors (Lipinski definition) is 1. The first-order valence-electron chi connectivity index (χ1n) is 9.58. The minimum absolute atomic E-state index is 0.0300. The van der Waals surface area contributed by atoms with E-state index in [0.717, 1.165) is 28.5 Å². The van der Waals surface area contributed by atoms with Gasteiger partial charge in [-0.15, -0.1) is 0 Å². The molecule has 1 aliphatic carbocycles. The first-order chi connectivity index (χ1) is 14.6. The summed E-state index contributed by atoms with van der Waals surface area (Å²) in [5.41, 5.74) is 5.29. The number of carbonyl (C=O) groups is 2. The third kappa shape index (κ3) is 4.07. The van der Waals surface area contributed by atoms with Gasteiger partial charge in [0.05, 0.1) is 16.1 Å². The van der Waals surface area contributed by atoms with Gasteiger partial charge in [0, 0.05) is 12.3 Å². The minimum atomic E-state index is -0.588. The molecule has 6 heteroatoms. The van der Waals surface area contributed by atoms with Crippen molar-refractivity contribution in [1.29, 1.82) is 0 Å². The summed E-state index contributed by atoms with van der Waals surface area (Å²) in [4.78, 5) is 23.6. The van der Waals surface area contributed by atoms with Crippen LogP contribution in [0.25, 0.3) is 11.1 Å². The summed E-state index contributed by atoms with van der Waals surface area (Å²) in [5, 5.41) is 3.53. The van der Waals surface area contributed by atoms with E-state index in [0.29, 0.717) is 15.6 Å². The highest BCUT2D eigenvalue weighted by Crippen LogP contribution is 2.44. The van der Waals surface area contributed by atoms with Gasteiger partial charge in [0.2, 0.25) is 0 Å². The van der Waals surface area contributed by atoms with E-state index < -0.39 is 12.1 Å². The normalized spacial score (nSPS) is 13.3. The third-order valence-electron chi connectivity index (χ3n) is 5.31. The van der Waals surface area contributed by atoms with E-state index >= 15 is 0 Å². The number of rotatable bonds is 6. The van der Waals surface area contributed by atoms with Crippen LogP contribution in [0.15, 0.2) is 66.7 Å². The summed E-state index contributed by atoms with van der Waals surface area (Å²) in [6.45, 7) is 0.203. The predicted molar refractivity (Wildman–Crippen MR) is 118 cm³/mol. The van der Waals surface area contributed by atoms with Gasteiger partial charge in [-0.05, 0) is 39.9 Å². The molecule has 0 saturated heterocycles. The Kier molecular flexibility index (Phi) is 6.07. The number of hydrogen-bond acceptors (Lipinski definition) is 3. The lowest BCUT2D eigenvalue weighted by molar-refractivity contribution is -0.108. The maximum Gasteiger partial charge on any atom is 0.407 e. The number of carbonyl (C=O) groups excluding carboxylic acids is 2. The maximum absolute atomic E-state index is 12.5. The molecule has 1 unspecified atom stereocenters. The summed E-state index contributed by atoms with van der Waals surface area (Å²) in [7, 11) is 0. The zero-order chi connectivity index (χ0) is 21.1. The van der Waals surface area contributed by atoms with Gasteiger partial charge < -0.3 is 14.8 Å². The Morgan fingerprint density at radius 3 is 2.20 bits per heavy atom. The fraction of sp³-hybridized carbons (Fsp3) is 0.167. The molecule has 4 nitrogen and oxygen atoms in total. The summed E-state index contributed by atoms with van der Waals surface area (Å²) in [5.74, 6) is -0.0300.